The molecule has 2 aromatic carbocycles. The number of aliphatic hydroxyl groups excluding tert-OH is 1. The van der Waals surface area contributed by atoms with Crippen molar-refractivity contribution in [2.75, 3.05) is 26.3 Å². The van der Waals surface area contributed by atoms with E-state index in [9.17, 15) is 13.9 Å². The van der Waals surface area contributed by atoms with Crippen LogP contribution in [-0.2, 0) is 11.3 Å². The van der Waals surface area contributed by atoms with Gasteiger partial charge in [-0.3, -0.25) is 4.90 Å². The number of hydrogen-bond acceptors (Lipinski definition) is 5. The molecule has 0 unspecified atom stereocenters. The van der Waals surface area contributed by atoms with E-state index in [1.807, 2.05) is 6.92 Å². The quantitative estimate of drug-likeness (QED) is 0.345. The van der Waals surface area contributed by atoms with E-state index in [4.69, 9.17) is 9.47 Å². The monoisotopic (exact) mass is 487 g/mol. The van der Waals surface area contributed by atoms with Crippen molar-refractivity contribution < 1.29 is 23.4 Å². The molecule has 0 saturated carbocycles. The van der Waals surface area contributed by atoms with Crippen LogP contribution in [0.15, 0.2) is 48.5 Å². The van der Waals surface area contributed by atoms with E-state index in [0.717, 1.165) is 24.2 Å². The summed E-state index contributed by atoms with van der Waals surface area (Å²) in [5.41, 5.74) is 2.22. The number of nitrogens with zero attached hydrogens (tertiary/aromatic N) is 3. The molecule has 0 radical (unpaired) electrons. The first-order chi connectivity index (χ1) is 16.8. The molecule has 0 amide bonds. The van der Waals surface area contributed by atoms with Gasteiger partial charge in [-0.1, -0.05) is 20.8 Å². The third kappa shape index (κ3) is 7.85. The number of aromatic nitrogens is 2. The van der Waals surface area contributed by atoms with Crippen LogP contribution in [0.25, 0.3) is 5.69 Å². The molecule has 1 atom stereocenters. The van der Waals surface area contributed by atoms with Crippen LogP contribution in [0.5, 0.6) is 11.6 Å². The number of hydrogen-bond donors (Lipinski definition) is 1. The average Bonchev–Trinajstić information content (AvgIpc) is 3.10. The van der Waals surface area contributed by atoms with Crippen LogP contribution < -0.4 is 4.74 Å². The maximum atomic E-state index is 13.5. The second-order valence-corrected chi connectivity index (χ2v) is 9.13. The zero-order chi connectivity index (χ0) is 25.4. The zero-order valence-electron chi connectivity index (χ0n) is 20.9. The Hall–Kier alpha value is -2.81. The van der Waals surface area contributed by atoms with Crippen molar-refractivity contribution >= 4 is 0 Å². The van der Waals surface area contributed by atoms with E-state index >= 15 is 0 Å². The summed E-state index contributed by atoms with van der Waals surface area (Å²) in [6.45, 7) is 10.7. The molecule has 3 aromatic rings. The second-order valence-electron chi connectivity index (χ2n) is 9.13. The van der Waals surface area contributed by atoms with Gasteiger partial charge in [-0.15, -0.1) is 0 Å². The first-order valence-electron chi connectivity index (χ1n) is 12.0. The maximum Gasteiger partial charge on any atom is 0.227 e. The van der Waals surface area contributed by atoms with E-state index in [2.05, 4.69) is 30.8 Å². The van der Waals surface area contributed by atoms with Crippen LogP contribution in [0.1, 0.15) is 38.4 Å². The lowest BCUT2D eigenvalue weighted by Gasteiger charge is -2.25. The highest BCUT2D eigenvalue weighted by atomic mass is 19.1. The van der Waals surface area contributed by atoms with Gasteiger partial charge >= 0.3 is 0 Å². The number of rotatable bonds is 13. The van der Waals surface area contributed by atoms with Gasteiger partial charge in [-0.2, -0.15) is 5.10 Å². The summed E-state index contributed by atoms with van der Waals surface area (Å²) >= 11 is 0. The Morgan fingerprint density at radius 2 is 1.63 bits per heavy atom. The van der Waals surface area contributed by atoms with E-state index in [1.54, 1.807) is 28.9 Å². The predicted molar refractivity (Wildman–Crippen MR) is 132 cm³/mol. The largest absolute Gasteiger partial charge is 0.439 e. The van der Waals surface area contributed by atoms with Crippen molar-refractivity contribution in [3.05, 3.63) is 71.4 Å². The SMILES string of the molecule is CCCN(Cc1c(C)nn(-c2ccc(F)cc2)c1Oc1ccc(F)cc1)C[C@@H](O)COCC(C)C. The summed E-state index contributed by atoms with van der Waals surface area (Å²) in [4.78, 5) is 2.14. The molecular weight excluding hydrogens is 452 g/mol. The minimum absolute atomic E-state index is 0.269. The molecule has 6 nitrogen and oxygen atoms in total. The van der Waals surface area contributed by atoms with Crippen LogP contribution >= 0.6 is 0 Å². The summed E-state index contributed by atoms with van der Waals surface area (Å²) in [6, 6.07) is 11.8. The number of aryl methyl sites for hydroxylation is 1. The lowest BCUT2D eigenvalue weighted by atomic mass is 10.2. The van der Waals surface area contributed by atoms with Gasteiger partial charge in [0.15, 0.2) is 0 Å². The minimum atomic E-state index is -0.630. The van der Waals surface area contributed by atoms with Crippen molar-refractivity contribution in [3.8, 4) is 17.3 Å². The number of aliphatic hydroxyl groups is 1. The van der Waals surface area contributed by atoms with Gasteiger partial charge in [-0.05, 0) is 74.3 Å². The summed E-state index contributed by atoms with van der Waals surface area (Å²) in [5.74, 6) is 0.623. The van der Waals surface area contributed by atoms with Crippen LogP contribution in [0.3, 0.4) is 0 Å². The molecule has 0 spiro atoms. The van der Waals surface area contributed by atoms with Crippen molar-refractivity contribution in [2.24, 2.45) is 5.92 Å². The summed E-state index contributed by atoms with van der Waals surface area (Å²) in [5, 5.41) is 15.2. The molecule has 0 bridgehead atoms. The molecule has 0 aliphatic rings. The van der Waals surface area contributed by atoms with E-state index in [-0.39, 0.29) is 18.2 Å². The zero-order valence-corrected chi connectivity index (χ0v) is 20.9. The molecule has 0 fully saturated rings. The van der Waals surface area contributed by atoms with Gasteiger partial charge in [0.1, 0.15) is 17.4 Å². The van der Waals surface area contributed by atoms with E-state index in [1.165, 1.54) is 24.3 Å². The van der Waals surface area contributed by atoms with Crippen molar-refractivity contribution in [2.45, 2.75) is 46.8 Å². The van der Waals surface area contributed by atoms with Crippen LogP contribution in [0, 0.1) is 24.5 Å². The van der Waals surface area contributed by atoms with Gasteiger partial charge in [0.2, 0.25) is 5.88 Å². The van der Waals surface area contributed by atoms with E-state index < -0.39 is 6.10 Å². The highest BCUT2D eigenvalue weighted by Gasteiger charge is 2.22. The Labute approximate surface area is 206 Å². The number of halogens is 2. The van der Waals surface area contributed by atoms with Crippen LogP contribution in [0.2, 0.25) is 0 Å². The minimum Gasteiger partial charge on any atom is -0.439 e. The Morgan fingerprint density at radius 3 is 2.23 bits per heavy atom. The first kappa shape index (κ1) is 26.8. The lowest BCUT2D eigenvalue weighted by molar-refractivity contribution is 0.00681. The summed E-state index contributed by atoms with van der Waals surface area (Å²) in [6.07, 6.45) is 0.271. The van der Waals surface area contributed by atoms with Gasteiger partial charge in [-0.25, -0.2) is 13.5 Å². The Balaban J connectivity index is 1.89. The molecule has 35 heavy (non-hydrogen) atoms. The Bertz CT molecular complexity index is 1050. The standard InChI is InChI=1S/C27H35F2N3O3/c1-5-14-31(15-24(33)18-34-17-19(2)3)16-26-20(4)30-32(23-10-6-21(28)7-11-23)27(26)35-25-12-8-22(29)9-13-25/h6-13,19,24,33H,5,14-18H2,1-4H3/t24-/m1/s1. The molecular formula is C27H35F2N3O3. The predicted octanol–water partition coefficient (Wildman–Crippen LogP) is 5.50. The van der Waals surface area contributed by atoms with Crippen molar-refractivity contribution in [1.29, 1.82) is 0 Å². The smallest absolute Gasteiger partial charge is 0.227 e. The fourth-order valence-electron chi connectivity index (χ4n) is 3.76. The Morgan fingerprint density at radius 1 is 1.00 bits per heavy atom. The van der Waals surface area contributed by atoms with Crippen molar-refractivity contribution in [3.63, 3.8) is 0 Å². The molecule has 190 valence electrons. The topological polar surface area (TPSA) is 59.8 Å². The second kappa shape index (κ2) is 12.8. The van der Waals surface area contributed by atoms with Gasteiger partial charge < -0.3 is 14.6 Å². The molecule has 1 heterocycles. The third-order valence-corrected chi connectivity index (χ3v) is 5.39. The van der Waals surface area contributed by atoms with Gasteiger partial charge in [0.05, 0.1) is 29.7 Å². The fraction of sp³-hybridized carbons (Fsp3) is 0.444. The van der Waals surface area contributed by atoms with Crippen molar-refractivity contribution in [1.82, 2.24) is 14.7 Å². The number of benzene rings is 2. The highest BCUT2D eigenvalue weighted by molar-refractivity contribution is 5.43. The maximum absolute atomic E-state index is 13.5. The fourth-order valence-corrected chi connectivity index (χ4v) is 3.76. The van der Waals surface area contributed by atoms with Gasteiger partial charge in [0, 0.05) is 19.7 Å². The normalized spacial score (nSPS) is 12.5. The Kier molecular flexibility index (Phi) is 9.77. The first-order valence-corrected chi connectivity index (χ1v) is 12.0. The highest BCUT2D eigenvalue weighted by Crippen LogP contribution is 2.32. The summed E-state index contributed by atoms with van der Waals surface area (Å²) < 4.78 is 40.4. The van der Waals surface area contributed by atoms with Gasteiger partial charge in [0.25, 0.3) is 0 Å². The molecule has 8 heteroatoms. The van der Waals surface area contributed by atoms with E-state index in [0.29, 0.717) is 42.9 Å². The van der Waals surface area contributed by atoms with Crippen LogP contribution in [0.4, 0.5) is 8.78 Å². The molecule has 1 aromatic heterocycles. The van der Waals surface area contributed by atoms with Crippen LogP contribution in [-0.4, -0.2) is 52.2 Å². The molecule has 0 saturated heterocycles. The molecule has 3 rings (SSSR count). The number of ether oxygens (including phenoxy) is 2. The summed E-state index contributed by atoms with van der Waals surface area (Å²) in [7, 11) is 0. The lowest BCUT2D eigenvalue weighted by Crippen LogP contribution is -2.35. The average molecular weight is 488 g/mol. The molecule has 0 aliphatic carbocycles. The molecule has 0 aliphatic heterocycles. The third-order valence-electron chi connectivity index (χ3n) is 5.39. The molecule has 1 N–H and O–H groups in total.